The van der Waals surface area contributed by atoms with Crippen LogP contribution in [0.5, 0.6) is 0 Å². The minimum Gasteiger partial charge on any atom is -0.448 e. The van der Waals surface area contributed by atoms with Crippen LogP contribution >= 0.6 is 0 Å². The van der Waals surface area contributed by atoms with E-state index in [4.69, 9.17) is 9.68 Å². The zero-order valence-corrected chi connectivity index (χ0v) is 10.1. The maximum absolute atomic E-state index is 12.2. The van der Waals surface area contributed by atoms with E-state index in [0.29, 0.717) is 24.5 Å². The smallest absolute Gasteiger partial charge is 0.276 e. The van der Waals surface area contributed by atoms with E-state index in [1.165, 1.54) is 6.39 Å². The maximum atomic E-state index is 12.2. The first-order chi connectivity index (χ1) is 8.06. The minimum absolute atomic E-state index is 0.141. The second kappa shape index (κ2) is 4.21. The van der Waals surface area contributed by atoms with E-state index < -0.39 is 5.41 Å². The molecule has 0 unspecified atom stereocenters. The molecule has 1 amide bonds. The number of carbonyl (C=O) groups excluding carboxylic acids is 1. The quantitative estimate of drug-likeness (QED) is 0.740. The highest BCUT2D eigenvalue weighted by Gasteiger charge is 2.34. The van der Waals surface area contributed by atoms with Gasteiger partial charge in [-0.2, -0.15) is 5.26 Å². The second-order valence-corrected chi connectivity index (χ2v) is 4.76. The highest BCUT2D eigenvalue weighted by atomic mass is 16.3. The van der Waals surface area contributed by atoms with E-state index in [0.717, 1.165) is 12.8 Å². The largest absolute Gasteiger partial charge is 0.448 e. The first-order valence-corrected chi connectivity index (χ1v) is 5.66. The molecule has 5 heteroatoms. The number of hydrogen-bond acceptors (Lipinski definition) is 4. The molecular weight excluding hydrogens is 218 g/mol. The number of likely N-dealkylation sites (tertiary alicyclic amines) is 1. The number of carbonyl (C=O) groups is 1. The number of nitriles is 1. The SMILES string of the molecule is Cc1ocnc1C(=O)N1CCC[C@@](C)(C#N)C1. The molecule has 1 aromatic rings. The zero-order valence-electron chi connectivity index (χ0n) is 10.1. The normalized spacial score (nSPS) is 24.4. The van der Waals surface area contributed by atoms with Crippen molar-refractivity contribution in [1.29, 1.82) is 5.26 Å². The molecule has 1 aliphatic heterocycles. The number of aromatic nitrogens is 1. The summed E-state index contributed by atoms with van der Waals surface area (Å²) in [4.78, 5) is 17.8. The summed E-state index contributed by atoms with van der Waals surface area (Å²) < 4.78 is 5.03. The van der Waals surface area contributed by atoms with Crippen molar-refractivity contribution >= 4 is 5.91 Å². The van der Waals surface area contributed by atoms with Crippen molar-refractivity contribution in [3.8, 4) is 6.07 Å². The number of aryl methyl sites for hydroxylation is 1. The molecule has 1 aliphatic rings. The van der Waals surface area contributed by atoms with Crippen molar-refractivity contribution in [1.82, 2.24) is 9.88 Å². The lowest BCUT2D eigenvalue weighted by Gasteiger charge is -2.35. The number of piperidine rings is 1. The monoisotopic (exact) mass is 233 g/mol. The summed E-state index contributed by atoms with van der Waals surface area (Å²) in [5, 5.41) is 9.11. The Morgan fingerprint density at radius 2 is 2.47 bits per heavy atom. The molecule has 2 heterocycles. The lowest BCUT2D eigenvalue weighted by atomic mass is 9.83. The van der Waals surface area contributed by atoms with Gasteiger partial charge in [-0.3, -0.25) is 4.79 Å². The predicted octanol–water partition coefficient (Wildman–Crippen LogP) is 1.75. The summed E-state index contributed by atoms with van der Waals surface area (Å²) in [5.74, 6) is 0.386. The third-order valence-electron chi connectivity index (χ3n) is 3.20. The molecular formula is C12H15N3O2. The maximum Gasteiger partial charge on any atom is 0.276 e. The molecule has 0 aliphatic carbocycles. The third-order valence-corrected chi connectivity index (χ3v) is 3.20. The van der Waals surface area contributed by atoms with Crippen LogP contribution in [0.4, 0.5) is 0 Å². The molecule has 0 radical (unpaired) electrons. The van der Waals surface area contributed by atoms with Crippen molar-refractivity contribution in [2.75, 3.05) is 13.1 Å². The number of hydrogen-bond donors (Lipinski definition) is 0. The van der Waals surface area contributed by atoms with E-state index in [9.17, 15) is 4.79 Å². The molecule has 17 heavy (non-hydrogen) atoms. The van der Waals surface area contributed by atoms with Gasteiger partial charge in [-0.1, -0.05) is 0 Å². The van der Waals surface area contributed by atoms with Crippen LogP contribution < -0.4 is 0 Å². The fraction of sp³-hybridized carbons (Fsp3) is 0.583. The molecule has 0 N–H and O–H groups in total. The van der Waals surface area contributed by atoms with E-state index >= 15 is 0 Å². The Morgan fingerprint density at radius 3 is 3.06 bits per heavy atom. The molecule has 1 aromatic heterocycles. The van der Waals surface area contributed by atoms with Crippen LogP contribution in [0.2, 0.25) is 0 Å². The van der Waals surface area contributed by atoms with Gasteiger partial charge >= 0.3 is 0 Å². The van der Waals surface area contributed by atoms with Gasteiger partial charge in [0.05, 0.1) is 11.5 Å². The van der Waals surface area contributed by atoms with Gasteiger partial charge in [-0.05, 0) is 26.7 Å². The molecule has 0 bridgehead atoms. The van der Waals surface area contributed by atoms with Crippen LogP contribution in [0.25, 0.3) is 0 Å². The van der Waals surface area contributed by atoms with Crippen LogP contribution in [0.3, 0.4) is 0 Å². The van der Waals surface area contributed by atoms with Gasteiger partial charge in [0.25, 0.3) is 5.91 Å². The van der Waals surface area contributed by atoms with Gasteiger partial charge in [-0.15, -0.1) is 0 Å². The number of nitrogens with zero attached hydrogens (tertiary/aromatic N) is 3. The summed E-state index contributed by atoms with van der Waals surface area (Å²) in [7, 11) is 0. The van der Waals surface area contributed by atoms with Gasteiger partial charge in [-0.25, -0.2) is 4.98 Å². The lowest BCUT2D eigenvalue weighted by Crippen LogP contribution is -2.44. The Hall–Kier alpha value is -1.83. The number of oxazole rings is 1. The Bertz CT molecular complexity index is 474. The standard InChI is InChI=1S/C12H15N3O2/c1-9-10(14-8-17-9)11(16)15-5-3-4-12(2,6-13)7-15/h8H,3-5,7H2,1-2H3/t12-/m0/s1. The third kappa shape index (κ3) is 2.16. The highest BCUT2D eigenvalue weighted by molar-refractivity contribution is 5.93. The summed E-state index contributed by atoms with van der Waals surface area (Å²) in [5.41, 5.74) is -0.0851. The molecule has 0 aromatic carbocycles. The second-order valence-electron chi connectivity index (χ2n) is 4.76. The average molecular weight is 233 g/mol. The van der Waals surface area contributed by atoms with Crippen molar-refractivity contribution in [3.63, 3.8) is 0 Å². The van der Waals surface area contributed by atoms with Crippen LogP contribution in [0.1, 0.15) is 36.0 Å². The van der Waals surface area contributed by atoms with Gasteiger partial charge in [0.15, 0.2) is 12.1 Å². The van der Waals surface area contributed by atoms with Crippen LogP contribution in [-0.4, -0.2) is 28.9 Å². The van der Waals surface area contributed by atoms with E-state index in [2.05, 4.69) is 11.1 Å². The van der Waals surface area contributed by atoms with Gasteiger partial charge < -0.3 is 9.32 Å². The fourth-order valence-corrected chi connectivity index (χ4v) is 2.16. The Balaban J connectivity index is 2.17. The minimum atomic E-state index is -0.439. The topological polar surface area (TPSA) is 70.1 Å². The highest BCUT2D eigenvalue weighted by Crippen LogP contribution is 2.29. The number of amides is 1. The number of rotatable bonds is 1. The van der Waals surface area contributed by atoms with Crippen molar-refractivity contribution in [2.45, 2.75) is 26.7 Å². The van der Waals surface area contributed by atoms with E-state index in [1.54, 1.807) is 11.8 Å². The molecule has 2 rings (SSSR count). The van der Waals surface area contributed by atoms with Crippen molar-refractivity contribution in [2.24, 2.45) is 5.41 Å². The molecule has 1 saturated heterocycles. The molecule has 5 nitrogen and oxygen atoms in total. The Morgan fingerprint density at radius 1 is 1.71 bits per heavy atom. The summed E-state index contributed by atoms with van der Waals surface area (Å²) in [6, 6.07) is 2.29. The Kier molecular flexibility index (Phi) is 2.88. The first-order valence-electron chi connectivity index (χ1n) is 5.66. The van der Waals surface area contributed by atoms with Crippen LogP contribution in [0, 0.1) is 23.7 Å². The van der Waals surface area contributed by atoms with Crippen molar-refractivity contribution < 1.29 is 9.21 Å². The van der Waals surface area contributed by atoms with Crippen molar-refractivity contribution in [3.05, 3.63) is 17.8 Å². The first kappa shape index (κ1) is 11.6. The van der Waals surface area contributed by atoms with Crippen LogP contribution in [-0.2, 0) is 0 Å². The van der Waals surface area contributed by atoms with E-state index in [-0.39, 0.29) is 5.91 Å². The molecule has 90 valence electrons. The van der Waals surface area contributed by atoms with Gasteiger partial charge in [0.2, 0.25) is 0 Å². The van der Waals surface area contributed by atoms with E-state index in [1.807, 2.05) is 6.92 Å². The van der Waals surface area contributed by atoms with Crippen LogP contribution in [0.15, 0.2) is 10.8 Å². The lowest BCUT2D eigenvalue weighted by molar-refractivity contribution is 0.0623. The molecule has 1 fully saturated rings. The summed E-state index contributed by atoms with van der Waals surface area (Å²) >= 11 is 0. The molecule has 0 spiro atoms. The van der Waals surface area contributed by atoms with Gasteiger partial charge in [0, 0.05) is 13.1 Å². The molecule has 0 saturated carbocycles. The summed E-state index contributed by atoms with van der Waals surface area (Å²) in [6.07, 6.45) is 2.97. The molecule has 1 atom stereocenters. The average Bonchev–Trinajstić information content (AvgIpc) is 2.75. The summed E-state index contributed by atoms with van der Waals surface area (Å²) in [6.45, 7) is 4.76. The zero-order chi connectivity index (χ0) is 12.5. The predicted molar refractivity (Wildman–Crippen MR) is 60.1 cm³/mol. The Labute approximate surface area is 100 Å². The van der Waals surface area contributed by atoms with Gasteiger partial charge in [0.1, 0.15) is 5.76 Å². The fourth-order valence-electron chi connectivity index (χ4n) is 2.16.